The summed E-state index contributed by atoms with van der Waals surface area (Å²) >= 11 is 3.61. The Bertz CT molecular complexity index is 566. The van der Waals surface area contributed by atoms with E-state index in [1.54, 1.807) is 0 Å². The highest BCUT2D eigenvalue weighted by molar-refractivity contribution is 9.10. The van der Waals surface area contributed by atoms with Crippen LogP contribution in [0.3, 0.4) is 0 Å². The maximum atomic E-state index is 5.71. The van der Waals surface area contributed by atoms with Crippen molar-refractivity contribution in [2.24, 2.45) is 5.73 Å². The quantitative estimate of drug-likeness (QED) is 0.851. The van der Waals surface area contributed by atoms with Crippen molar-refractivity contribution in [2.75, 3.05) is 13.6 Å². The number of halogens is 1. The van der Waals surface area contributed by atoms with Crippen molar-refractivity contribution in [3.05, 3.63) is 69.7 Å². The van der Waals surface area contributed by atoms with Gasteiger partial charge in [-0.25, -0.2) is 0 Å². The molecule has 0 saturated heterocycles. The molecule has 0 bridgehead atoms. The van der Waals surface area contributed by atoms with Gasteiger partial charge in [-0.2, -0.15) is 0 Å². The maximum absolute atomic E-state index is 5.71. The van der Waals surface area contributed by atoms with E-state index in [0.29, 0.717) is 12.5 Å². The normalized spacial score (nSPS) is 12.6. The standard InChI is InChI=1S/C18H23BrN2/c1-14(11-20)16-9-7-15(8-10-16)12-21(2)13-17-5-3-4-6-18(17)19/h3-10,14H,11-13,20H2,1-2H3. The van der Waals surface area contributed by atoms with Gasteiger partial charge in [-0.1, -0.05) is 65.3 Å². The zero-order valence-electron chi connectivity index (χ0n) is 12.7. The highest BCUT2D eigenvalue weighted by Crippen LogP contribution is 2.19. The molecule has 0 aliphatic rings. The fourth-order valence-electron chi connectivity index (χ4n) is 2.37. The fraction of sp³-hybridized carbons (Fsp3) is 0.333. The topological polar surface area (TPSA) is 29.3 Å². The molecule has 0 spiro atoms. The van der Waals surface area contributed by atoms with E-state index >= 15 is 0 Å². The Morgan fingerprint density at radius 2 is 1.71 bits per heavy atom. The van der Waals surface area contributed by atoms with E-state index in [-0.39, 0.29) is 0 Å². The third kappa shape index (κ3) is 4.67. The molecule has 21 heavy (non-hydrogen) atoms. The van der Waals surface area contributed by atoms with Gasteiger partial charge in [0, 0.05) is 17.6 Å². The van der Waals surface area contributed by atoms with Crippen LogP contribution in [0.4, 0.5) is 0 Å². The lowest BCUT2D eigenvalue weighted by Gasteiger charge is -2.18. The third-order valence-corrected chi connectivity index (χ3v) is 4.53. The Morgan fingerprint density at radius 1 is 1.05 bits per heavy atom. The lowest BCUT2D eigenvalue weighted by molar-refractivity contribution is 0.318. The van der Waals surface area contributed by atoms with Crippen LogP contribution in [0.15, 0.2) is 53.0 Å². The molecule has 3 heteroatoms. The summed E-state index contributed by atoms with van der Waals surface area (Å²) in [6.45, 7) is 4.73. The minimum absolute atomic E-state index is 0.428. The molecule has 0 heterocycles. The number of nitrogens with two attached hydrogens (primary N) is 1. The first-order valence-electron chi connectivity index (χ1n) is 7.31. The van der Waals surface area contributed by atoms with Crippen LogP contribution in [0.25, 0.3) is 0 Å². The van der Waals surface area contributed by atoms with Crippen molar-refractivity contribution in [3.8, 4) is 0 Å². The number of rotatable bonds is 6. The summed E-state index contributed by atoms with van der Waals surface area (Å²) in [7, 11) is 2.15. The molecule has 1 atom stereocenters. The van der Waals surface area contributed by atoms with E-state index in [4.69, 9.17) is 5.73 Å². The molecule has 112 valence electrons. The van der Waals surface area contributed by atoms with Crippen LogP contribution in [-0.2, 0) is 13.1 Å². The second-order valence-corrected chi connectivity index (χ2v) is 6.50. The average Bonchev–Trinajstić information content (AvgIpc) is 2.49. The Morgan fingerprint density at radius 3 is 2.33 bits per heavy atom. The SMILES string of the molecule is CC(CN)c1ccc(CN(C)Cc2ccccc2Br)cc1. The molecule has 0 aliphatic carbocycles. The molecular formula is C18H23BrN2. The van der Waals surface area contributed by atoms with E-state index in [1.165, 1.54) is 21.2 Å². The van der Waals surface area contributed by atoms with Crippen molar-refractivity contribution in [2.45, 2.75) is 25.9 Å². The van der Waals surface area contributed by atoms with Crippen molar-refractivity contribution in [1.82, 2.24) is 4.90 Å². The lowest BCUT2D eigenvalue weighted by Crippen LogP contribution is -2.17. The first-order valence-corrected chi connectivity index (χ1v) is 8.10. The highest BCUT2D eigenvalue weighted by atomic mass is 79.9. The largest absolute Gasteiger partial charge is 0.330 e. The van der Waals surface area contributed by atoms with Crippen LogP contribution in [0.5, 0.6) is 0 Å². The predicted octanol–water partition coefficient (Wildman–Crippen LogP) is 4.14. The number of nitrogens with zero attached hydrogens (tertiary/aromatic N) is 1. The number of hydrogen-bond donors (Lipinski definition) is 1. The fourth-order valence-corrected chi connectivity index (χ4v) is 2.78. The minimum Gasteiger partial charge on any atom is -0.330 e. The molecule has 2 aromatic rings. The Hall–Kier alpha value is -1.16. The number of hydrogen-bond acceptors (Lipinski definition) is 2. The summed E-state index contributed by atoms with van der Waals surface area (Å²) < 4.78 is 1.17. The van der Waals surface area contributed by atoms with E-state index in [2.05, 4.69) is 77.3 Å². The van der Waals surface area contributed by atoms with Gasteiger partial charge in [-0.3, -0.25) is 4.90 Å². The summed E-state index contributed by atoms with van der Waals surface area (Å²) in [6.07, 6.45) is 0. The molecule has 0 amide bonds. The molecule has 2 rings (SSSR count). The highest BCUT2D eigenvalue weighted by Gasteiger charge is 2.06. The average molecular weight is 347 g/mol. The Balaban J connectivity index is 1.96. The number of benzene rings is 2. The molecule has 2 nitrogen and oxygen atoms in total. The smallest absolute Gasteiger partial charge is 0.0245 e. The summed E-state index contributed by atoms with van der Waals surface area (Å²) in [6, 6.07) is 17.2. The van der Waals surface area contributed by atoms with Crippen LogP contribution < -0.4 is 5.73 Å². The van der Waals surface area contributed by atoms with Gasteiger partial charge in [0.05, 0.1) is 0 Å². The zero-order valence-corrected chi connectivity index (χ0v) is 14.3. The molecular weight excluding hydrogens is 324 g/mol. The predicted molar refractivity (Wildman–Crippen MR) is 93.2 cm³/mol. The van der Waals surface area contributed by atoms with E-state index < -0.39 is 0 Å². The molecule has 2 aromatic carbocycles. The molecule has 0 fully saturated rings. The van der Waals surface area contributed by atoms with Gasteiger partial charge in [-0.05, 0) is 42.3 Å². The zero-order chi connectivity index (χ0) is 15.2. The Labute approximate surface area is 136 Å². The van der Waals surface area contributed by atoms with Gasteiger partial charge in [0.2, 0.25) is 0 Å². The molecule has 0 aromatic heterocycles. The van der Waals surface area contributed by atoms with Gasteiger partial charge in [-0.15, -0.1) is 0 Å². The van der Waals surface area contributed by atoms with Crippen LogP contribution >= 0.6 is 15.9 Å². The summed E-state index contributed by atoms with van der Waals surface area (Å²) in [5, 5.41) is 0. The first kappa shape index (κ1) is 16.2. The monoisotopic (exact) mass is 346 g/mol. The van der Waals surface area contributed by atoms with Gasteiger partial charge in [0.25, 0.3) is 0 Å². The van der Waals surface area contributed by atoms with Crippen LogP contribution in [-0.4, -0.2) is 18.5 Å². The van der Waals surface area contributed by atoms with Gasteiger partial charge >= 0.3 is 0 Å². The van der Waals surface area contributed by atoms with E-state index in [9.17, 15) is 0 Å². The second kappa shape index (κ2) is 7.74. The van der Waals surface area contributed by atoms with Gasteiger partial charge in [0.1, 0.15) is 0 Å². The molecule has 0 aliphatic heterocycles. The third-order valence-electron chi connectivity index (χ3n) is 3.75. The van der Waals surface area contributed by atoms with Crippen molar-refractivity contribution in [1.29, 1.82) is 0 Å². The van der Waals surface area contributed by atoms with Crippen LogP contribution in [0.2, 0.25) is 0 Å². The minimum atomic E-state index is 0.428. The van der Waals surface area contributed by atoms with Gasteiger partial charge in [0.15, 0.2) is 0 Å². The second-order valence-electron chi connectivity index (χ2n) is 5.64. The van der Waals surface area contributed by atoms with Crippen molar-refractivity contribution >= 4 is 15.9 Å². The molecule has 2 N–H and O–H groups in total. The van der Waals surface area contributed by atoms with E-state index in [0.717, 1.165) is 13.1 Å². The van der Waals surface area contributed by atoms with Gasteiger partial charge < -0.3 is 5.73 Å². The van der Waals surface area contributed by atoms with Crippen molar-refractivity contribution < 1.29 is 0 Å². The lowest BCUT2D eigenvalue weighted by atomic mass is 10.00. The first-order chi connectivity index (χ1) is 10.1. The molecule has 0 radical (unpaired) electrons. The van der Waals surface area contributed by atoms with Crippen LogP contribution in [0, 0.1) is 0 Å². The maximum Gasteiger partial charge on any atom is 0.0245 e. The van der Waals surface area contributed by atoms with E-state index in [1.807, 2.05) is 6.07 Å². The Kier molecular flexibility index (Phi) is 5.97. The summed E-state index contributed by atoms with van der Waals surface area (Å²) in [5.41, 5.74) is 9.67. The summed E-state index contributed by atoms with van der Waals surface area (Å²) in [4.78, 5) is 2.32. The van der Waals surface area contributed by atoms with Crippen molar-refractivity contribution in [3.63, 3.8) is 0 Å². The molecule has 0 saturated carbocycles. The summed E-state index contributed by atoms with van der Waals surface area (Å²) in [5.74, 6) is 0.428. The van der Waals surface area contributed by atoms with Crippen LogP contribution in [0.1, 0.15) is 29.5 Å². The molecule has 1 unspecified atom stereocenters.